The molecule has 1 aromatic heterocycles. The van der Waals surface area contributed by atoms with Gasteiger partial charge in [-0.05, 0) is 32.5 Å². The third kappa shape index (κ3) is 3.00. The molecule has 0 N–H and O–H groups in total. The topological polar surface area (TPSA) is 44.9 Å². The van der Waals surface area contributed by atoms with Crippen molar-refractivity contribution in [1.29, 1.82) is 5.26 Å². The molecule has 0 radical (unpaired) electrons. The molecule has 2 rings (SSSR count). The first-order valence-corrected chi connectivity index (χ1v) is 7.18. The second kappa shape index (κ2) is 6.53. The van der Waals surface area contributed by atoms with Crippen molar-refractivity contribution < 1.29 is 0 Å². The molecule has 0 aliphatic heterocycles. The Labute approximate surface area is 120 Å². The molecular weight excluding hydrogens is 248 g/mol. The van der Waals surface area contributed by atoms with E-state index in [1.54, 1.807) is 0 Å². The zero-order valence-corrected chi connectivity index (χ0v) is 12.5. The number of nitriles is 1. The van der Waals surface area contributed by atoms with Gasteiger partial charge in [0.15, 0.2) is 0 Å². The summed E-state index contributed by atoms with van der Waals surface area (Å²) in [5, 5.41) is 8.81. The minimum absolute atomic E-state index is 0.245. The van der Waals surface area contributed by atoms with Crippen molar-refractivity contribution >= 4 is 11.0 Å². The first-order chi connectivity index (χ1) is 9.67. The van der Waals surface area contributed by atoms with Crippen LogP contribution < -0.4 is 0 Å². The molecule has 0 bridgehead atoms. The quantitative estimate of drug-likeness (QED) is 0.809. The van der Waals surface area contributed by atoms with E-state index in [0.717, 1.165) is 30.9 Å². The Morgan fingerprint density at radius 2 is 2.15 bits per heavy atom. The van der Waals surface area contributed by atoms with Crippen LogP contribution in [0.2, 0.25) is 0 Å². The minimum atomic E-state index is 0.245. The maximum atomic E-state index is 8.81. The fraction of sp³-hybridized carbons (Fsp3) is 0.500. The van der Waals surface area contributed by atoms with Crippen molar-refractivity contribution in [2.75, 3.05) is 7.05 Å². The van der Waals surface area contributed by atoms with Crippen LogP contribution in [0.25, 0.3) is 11.0 Å². The summed E-state index contributed by atoms with van der Waals surface area (Å²) in [6.07, 6.45) is 1.63. The van der Waals surface area contributed by atoms with E-state index in [1.807, 2.05) is 6.07 Å². The Morgan fingerprint density at radius 3 is 2.85 bits per heavy atom. The predicted molar refractivity (Wildman–Crippen MR) is 81.2 cm³/mol. The fourth-order valence-corrected chi connectivity index (χ4v) is 2.39. The van der Waals surface area contributed by atoms with Crippen molar-refractivity contribution in [1.82, 2.24) is 14.5 Å². The lowest BCUT2D eigenvalue weighted by molar-refractivity contribution is 0.243. The van der Waals surface area contributed by atoms with Crippen molar-refractivity contribution in [3.63, 3.8) is 0 Å². The van der Waals surface area contributed by atoms with Gasteiger partial charge in [0.1, 0.15) is 5.82 Å². The van der Waals surface area contributed by atoms with Gasteiger partial charge in [-0.15, -0.1) is 0 Å². The minimum Gasteiger partial charge on any atom is -0.327 e. The molecule has 0 aliphatic carbocycles. The summed E-state index contributed by atoms with van der Waals surface area (Å²) in [6, 6.07) is 10.7. The number of imidazole rings is 1. The predicted octanol–water partition coefficient (Wildman–Crippen LogP) is 3.18. The highest BCUT2D eigenvalue weighted by Crippen LogP contribution is 2.18. The van der Waals surface area contributed by atoms with Crippen LogP contribution in [-0.2, 0) is 13.1 Å². The Bertz CT molecular complexity index is 608. The Balaban J connectivity index is 2.29. The van der Waals surface area contributed by atoms with Crippen LogP contribution >= 0.6 is 0 Å². The van der Waals surface area contributed by atoms with Gasteiger partial charge in [-0.1, -0.05) is 19.1 Å². The number of nitrogens with zero attached hydrogens (tertiary/aromatic N) is 4. The maximum Gasteiger partial charge on any atom is 0.124 e. The van der Waals surface area contributed by atoms with Crippen molar-refractivity contribution in [2.45, 2.75) is 45.8 Å². The first kappa shape index (κ1) is 14.5. The molecule has 4 heteroatoms. The molecule has 1 unspecified atom stereocenters. The molecule has 4 nitrogen and oxygen atoms in total. The number of benzene rings is 1. The third-order valence-electron chi connectivity index (χ3n) is 3.71. The standard InChI is InChI=1S/C16H22N4/c1-4-11-20-15-8-6-5-7-14(15)18-16(20)12-19(3)13(2)9-10-17/h5-8,13H,4,9,11-12H2,1-3H3. The van der Waals surface area contributed by atoms with Gasteiger partial charge >= 0.3 is 0 Å². The van der Waals surface area contributed by atoms with E-state index < -0.39 is 0 Å². The largest absolute Gasteiger partial charge is 0.327 e. The van der Waals surface area contributed by atoms with Gasteiger partial charge < -0.3 is 4.57 Å². The lowest BCUT2D eigenvalue weighted by atomic mass is 10.2. The number of hydrogen-bond donors (Lipinski definition) is 0. The van der Waals surface area contributed by atoms with E-state index >= 15 is 0 Å². The van der Waals surface area contributed by atoms with Crippen molar-refractivity contribution in [2.24, 2.45) is 0 Å². The zero-order valence-electron chi connectivity index (χ0n) is 12.5. The average Bonchev–Trinajstić information content (AvgIpc) is 2.78. The number of fused-ring (bicyclic) bond motifs is 1. The number of para-hydroxylation sites is 2. The second-order valence-electron chi connectivity index (χ2n) is 5.29. The highest BCUT2D eigenvalue weighted by Gasteiger charge is 2.15. The monoisotopic (exact) mass is 270 g/mol. The van der Waals surface area contributed by atoms with Crippen LogP contribution in [0.4, 0.5) is 0 Å². The summed E-state index contributed by atoms with van der Waals surface area (Å²) in [5.74, 6) is 1.08. The van der Waals surface area contributed by atoms with Gasteiger partial charge in [0.25, 0.3) is 0 Å². The Hall–Kier alpha value is -1.86. The van der Waals surface area contributed by atoms with Crippen LogP contribution in [0.3, 0.4) is 0 Å². The zero-order chi connectivity index (χ0) is 14.5. The van der Waals surface area contributed by atoms with Gasteiger partial charge in [-0.2, -0.15) is 5.26 Å². The lowest BCUT2D eigenvalue weighted by Gasteiger charge is -2.22. The van der Waals surface area contributed by atoms with E-state index in [1.165, 1.54) is 5.52 Å². The number of aryl methyl sites for hydroxylation is 1. The summed E-state index contributed by atoms with van der Waals surface area (Å²) in [5.41, 5.74) is 2.25. The molecule has 1 aromatic carbocycles. The first-order valence-electron chi connectivity index (χ1n) is 7.18. The molecule has 0 spiro atoms. The van der Waals surface area contributed by atoms with Gasteiger partial charge in [-0.3, -0.25) is 4.90 Å². The van der Waals surface area contributed by atoms with Crippen molar-refractivity contribution in [3.8, 4) is 6.07 Å². The van der Waals surface area contributed by atoms with E-state index in [0.29, 0.717) is 6.42 Å². The average molecular weight is 270 g/mol. The molecule has 20 heavy (non-hydrogen) atoms. The normalized spacial score (nSPS) is 12.8. The Morgan fingerprint density at radius 1 is 1.40 bits per heavy atom. The van der Waals surface area contributed by atoms with Crippen LogP contribution in [0.5, 0.6) is 0 Å². The summed E-state index contributed by atoms with van der Waals surface area (Å²) in [6.45, 7) is 6.02. The maximum absolute atomic E-state index is 8.81. The molecule has 1 heterocycles. The van der Waals surface area contributed by atoms with E-state index in [4.69, 9.17) is 10.2 Å². The molecule has 0 fully saturated rings. The van der Waals surface area contributed by atoms with Gasteiger partial charge in [-0.25, -0.2) is 4.98 Å². The van der Waals surface area contributed by atoms with Crippen LogP contribution in [-0.4, -0.2) is 27.5 Å². The number of rotatable bonds is 6. The molecule has 0 saturated heterocycles. The summed E-state index contributed by atoms with van der Waals surface area (Å²) in [7, 11) is 2.05. The molecular formula is C16H22N4. The van der Waals surface area contributed by atoms with Crippen LogP contribution in [0, 0.1) is 11.3 Å². The molecule has 0 saturated carbocycles. The van der Waals surface area contributed by atoms with E-state index in [2.05, 4.69) is 54.6 Å². The molecule has 0 aliphatic rings. The molecule has 2 aromatic rings. The summed E-state index contributed by atoms with van der Waals surface area (Å²) in [4.78, 5) is 6.94. The summed E-state index contributed by atoms with van der Waals surface area (Å²) >= 11 is 0. The van der Waals surface area contributed by atoms with Gasteiger partial charge in [0.05, 0.1) is 30.1 Å². The molecule has 0 amide bonds. The van der Waals surface area contributed by atoms with Crippen molar-refractivity contribution in [3.05, 3.63) is 30.1 Å². The summed E-state index contributed by atoms with van der Waals surface area (Å²) < 4.78 is 2.30. The van der Waals surface area contributed by atoms with Gasteiger partial charge in [0.2, 0.25) is 0 Å². The number of aromatic nitrogens is 2. The smallest absolute Gasteiger partial charge is 0.124 e. The SMILES string of the molecule is CCCn1c(CN(C)C(C)CC#N)nc2ccccc21. The van der Waals surface area contributed by atoms with Crippen LogP contribution in [0.15, 0.2) is 24.3 Å². The molecule has 106 valence electrons. The molecule has 1 atom stereocenters. The highest BCUT2D eigenvalue weighted by molar-refractivity contribution is 5.75. The second-order valence-corrected chi connectivity index (χ2v) is 5.29. The van der Waals surface area contributed by atoms with Gasteiger partial charge in [0, 0.05) is 12.6 Å². The van der Waals surface area contributed by atoms with Crippen LogP contribution in [0.1, 0.15) is 32.5 Å². The van der Waals surface area contributed by atoms with E-state index in [-0.39, 0.29) is 6.04 Å². The lowest BCUT2D eigenvalue weighted by Crippen LogP contribution is -2.29. The Kier molecular flexibility index (Phi) is 4.75. The fourth-order valence-electron chi connectivity index (χ4n) is 2.39. The van der Waals surface area contributed by atoms with E-state index in [9.17, 15) is 0 Å². The third-order valence-corrected chi connectivity index (χ3v) is 3.71. The highest BCUT2D eigenvalue weighted by atomic mass is 15.2. The number of hydrogen-bond acceptors (Lipinski definition) is 3.